The van der Waals surface area contributed by atoms with Gasteiger partial charge in [0, 0.05) is 23.6 Å². The molecule has 0 amide bonds. The third kappa shape index (κ3) is 2.13. The van der Waals surface area contributed by atoms with Crippen molar-refractivity contribution in [2.45, 2.75) is 6.42 Å². The number of hydrogen-bond acceptors (Lipinski definition) is 3. The number of hydrogen-bond donors (Lipinski definition) is 1. The molecule has 98 valence electrons. The summed E-state index contributed by atoms with van der Waals surface area (Å²) in [4.78, 5) is 5.14. The number of nitrogens with zero attached hydrogens (tertiary/aromatic N) is 2. The number of rotatable bonds is 3. The number of aromatic nitrogens is 2. The average Bonchev–Trinajstić information content (AvgIpc) is 2.92. The lowest BCUT2D eigenvalue weighted by Gasteiger charge is -2.02. The summed E-state index contributed by atoms with van der Waals surface area (Å²) in [7, 11) is 0. The predicted octanol–water partition coefficient (Wildman–Crippen LogP) is 2.84. The summed E-state index contributed by atoms with van der Waals surface area (Å²) in [5, 5.41) is 1.77. The molecule has 1 aromatic carbocycles. The van der Waals surface area contributed by atoms with E-state index in [0.29, 0.717) is 18.7 Å². The van der Waals surface area contributed by atoms with E-state index in [9.17, 15) is 8.78 Å². The smallest absolute Gasteiger partial charge is 0.194 e. The van der Waals surface area contributed by atoms with Crippen molar-refractivity contribution >= 4 is 16.3 Å². The van der Waals surface area contributed by atoms with Gasteiger partial charge >= 0.3 is 0 Å². The lowest BCUT2D eigenvalue weighted by atomic mass is 10.1. The number of imidazole rings is 1. The average molecular weight is 279 g/mol. The molecular weight excluding hydrogens is 268 g/mol. The van der Waals surface area contributed by atoms with Gasteiger partial charge in [-0.1, -0.05) is 0 Å². The minimum absolute atomic E-state index is 0.239. The highest BCUT2D eigenvalue weighted by Crippen LogP contribution is 2.28. The van der Waals surface area contributed by atoms with Crippen LogP contribution in [0.2, 0.25) is 0 Å². The van der Waals surface area contributed by atoms with Gasteiger partial charge in [-0.05, 0) is 24.7 Å². The van der Waals surface area contributed by atoms with Gasteiger partial charge in [0.1, 0.15) is 11.6 Å². The van der Waals surface area contributed by atoms with Crippen molar-refractivity contribution in [3.8, 4) is 11.3 Å². The third-order valence-electron chi connectivity index (χ3n) is 2.86. The van der Waals surface area contributed by atoms with Crippen molar-refractivity contribution in [3.05, 3.63) is 47.1 Å². The number of fused-ring (bicyclic) bond motifs is 1. The van der Waals surface area contributed by atoms with Crippen LogP contribution in [0.15, 0.2) is 29.8 Å². The van der Waals surface area contributed by atoms with Crippen LogP contribution < -0.4 is 5.73 Å². The molecule has 2 heterocycles. The van der Waals surface area contributed by atoms with Crippen molar-refractivity contribution in [2.24, 2.45) is 5.73 Å². The molecule has 2 N–H and O–H groups in total. The van der Waals surface area contributed by atoms with Crippen LogP contribution in [0.1, 0.15) is 5.69 Å². The molecule has 0 aliphatic carbocycles. The van der Waals surface area contributed by atoms with Crippen molar-refractivity contribution < 1.29 is 8.78 Å². The molecule has 0 atom stereocenters. The summed E-state index contributed by atoms with van der Waals surface area (Å²) in [6.07, 6.45) is 2.48. The van der Waals surface area contributed by atoms with Gasteiger partial charge in [0.2, 0.25) is 0 Å². The molecule has 3 nitrogen and oxygen atoms in total. The van der Waals surface area contributed by atoms with E-state index < -0.39 is 11.6 Å². The van der Waals surface area contributed by atoms with Crippen LogP contribution in [-0.2, 0) is 6.42 Å². The van der Waals surface area contributed by atoms with Crippen LogP contribution >= 0.6 is 11.3 Å². The zero-order chi connectivity index (χ0) is 13.4. The van der Waals surface area contributed by atoms with Gasteiger partial charge in [-0.2, -0.15) is 0 Å². The second-order valence-corrected chi connectivity index (χ2v) is 5.01. The lowest BCUT2D eigenvalue weighted by molar-refractivity contribution is 0.602. The van der Waals surface area contributed by atoms with Crippen molar-refractivity contribution in [1.29, 1.82) is 0 Å². The van der Waals surface area contributed by atoms with Crippen LogP contribution in [0.25, 0.3) is 16.2 Å². The minimum Gasteiger partial charge on any atom is -0.330 e. The first-order valence-corrected chi connectivity index (χ1v) is 6.68. The molecule has 0 bridgehead atoms. The number of benzene rings is 1. The Morgan fingerprint density at radius 1 is 1.32 bits per heavy atom. The van der Waals surface area contributed by atoms with Gasteiger partial charge in [-0.3, -0.25) is 4.40 Å². The number of thiazole rings is 1. The number of nitrogens with two attached hydrogens (primary N) is 1. The van der Waals surface area contributed by atoms with Crippen LogP contribution in [0.3, 0.4) is 0 Å². The Morgan fingerprint density at radius 3 is 2.95 bits per heavy atom. The summed E-state index contributed by atoms with van der Waals surface area (Å²) < 4.78 is 28.8. The number of halogens is 2. The molecule has 0 saturated carbocycles. The molecule has 19 heavy (non-hydrogen) atoms. The van der Waals surface area contributed by atoms with Crippen LogP contribution in [-0.4, -0.2) is 15.9 Å². The highest BCUT2D eigenvalue weighted by atomic mass is 32.1. The Hall–Kier alpha value is -1.79. The predicted molar refractivity (Wildman–Crippen MR) is 71.2 cm³/mol. The fraction of sp³-hybridized carbons (Fsp3) is 0.154. The van der Waals surface area contributed by atoms with E-state index in [-0.39, 0.29) is 5.56 Å². The van der Waals surface area contributed by atoms with Crippen LogP contribution in [0.4, 0.5) is 8.78 Å². The molecule has 2 aromatic heterocycles. The summed E-state index contributed by atoms with van der Waals surface area (Å²) in [5.74, 6) is -0.909. The summed E-state index contributed by atoms with van der Waals surface area (Å²) >= 11 is 1.39. The molecule has 0 radical (unpaired) electrons. The van der Waals surface area contributed by atoms with Gasteiger partial charge in [0.15, 0.2) is 4.96 Å². The van der Waals surface area contributed by atoms with E-state index in [1.54, 1.807) is 9.78 Å². The maximum Gasteiger partial charge on any atom is 0.194 e. The first kappa shape index (κ1) is 12.3. The van der Waals surface area contributed by atoms with E-state index in [0.717, 1.165) is 22.8 Å². The zero-order valence-electron chi connectivity index (χ0n) is 9.94. The summed E-state index contributed by atoms with van der Waals surface area (Å²) in [5.41, 5.74) is 7.19. The normalized spacial score (nSPS) is 11.3. The molecule has 0 spiro atoms. The van der Waals surface area contributed by atoms with Gasteiger partial charge in [-0.15, -0.1) is 11.3 Å². The molecular formula is C13H11F2N3S. The first-order valence-electron chi connectivity index (χ1n) is 5.80. The van der Waals surface area contributed by atoms with Crippen molar-refractivity contribution in [2.75, 3.05) is 6.54 Å². The van der Waals surface area contributed by atoms with E-state index >= 15 is 0 Å². The molecule has 3 aromatic rings. The van der Waals surface area contributed by atoms with Crippen molar-refractivity contribution in [1.82, 2.24) is 9.38 Å². The molecule has 3 rings (SSSR count). The van der Waals surface area contributed by atoms with Gasteiger partial charge in [-0.25, -0.2) is 13.8 Å². The van der Waals surface area contributed by atoms with Gasteiger partial charge in [0.05, 0.1) is 11.4 Å². The Labute approximate surface area is 112 Å². The third-order valence-corrected chi connectivity index (χ3v) is 3.70. The Kier molecular flexibility index (Phi) is 3.04. The highest BCUT2D eigenvalue weighted by molar-refractivity contribution is 7.15. The molecule has 0 fully saturated rings. The molecule has 0 saturated heterocycles. The van der Waals surface area contributed by atoms with Gasteiger partial charge < -0.3 is 5.73 Å². The molecule has 0 aliphatic rings. The Morgan fingerprint density at radius 2 is 2.16 bits per heavy atom. The minimum atomic E-state index is -0.460. The van der Waals surface area contributed by atoms with E-state index in [4.69, 9.17) is 5.73 Å². The van der Waals surface area contributed by atoms with E-state index in [2.05, 4.69) is 4.98 Å². The maximum atomic E-state index is 13.8. The monoisotopic (exact) mass is 279 g/mol. The molecule has 0 aliphatic heterocycles. The fourth-order valence-electron chi connectivity index (χ4n) is 1.99. The van der Waals surface area contributed by atoms with Crippen LogP contribution in [0.5, 0.6) is 0 Å². The SMILES string of the molecule is NCCc1cn2c(-c3cc(F)ccc3F)csc2n1. The maximum absolute atomic E-state index is 13.8. The molecule has 0 unspecified atom stereocenters. The van der Waals surface area contributed by atoms with Crippen molar-refractivity contribution in [3.63, 3.8) is 0 Å². The summed E-state index contributed by atoms with van der Waals surface area (Å²) in [6.45, 7) is 0.508. The van der Waals surface area contributed by atoms with Gasteiger partial charge in [0.25, 0.3) is 0 Å². The first-order chi connectivity index (χ1) is 9.19. The van der Waals surface area contributed by atoms with E-state index in [1.165, 1.54) is 17.4 Å². The van der Waals surface area contributed by atoms with E-state index in [1.807, 2.05) is 6.20 Å². The lowest BCUT2D eigenvalue weighted by Crippen LogP contribution is -2.02. The zero-order valence-corrected chi connectivity index (χ0v) is 10.8. The fourth-order valence-corrected chi connectivity index (χ4v) is 2.88. The quantitative estimate of drug-likeness (QED) is 0.801. The summed E-state index contributed by atoms with van der Waals surface area (Å²) in [6, 6.07) is 3.43. The largest absolute Gasteiger partial charge is 0.330 e. The van der Waals surface area contributed by atoms with Crippen LogP contribution in [0, 0.1) is 11.6 Å². The Balaban J connectivity index is 2.16. The molecule has 6 heteroatoms. The standard InChI is InChI=1S/C13H11F2N3S/c14-8-1-2-11(15)10(5-8)12-7-19-13-17-9(3-4-16)6-18(12)13/h1-2,5-7H,3-4,16H2. The highest BCUT2D eigenvalue weighted by Gasteiger charge is 2.13. The Bertz CT molecular complexity index is 733. The second kappa shape index (κ2) is 4.71. The topological polar surface area (TPSA) is 43.3 Å². The second-order valence-electron chi connectivity index (χ2n) is 4.17.